The third-order valence-electron chi connectivity index (χ3n) is 2.62. The lowest BCUT2D eigenvalue weighted by Crippen LogP contribution is -2.31. The Labute approximate surface area is 99.7 Å². The minimum Gasteiger partial charge on any atom is -0.468 e. The summed E-state index contributed by atoms with van der Waals surface area (Å²) in [6.45, 7) is 0. The largest absolute Gasteiger partial charge is 0.468 e. The lowest BCUT2D eigenvalue weighted by Gasteiger charge is -2.16. The van der Waals surface area contributed by atoms with Crippen LogP contribution < -0.4 is 5.32 Å². The third kappa shape index (κ3) is 2.74. The number of rotatable bonds is 4. The van der Waals surface area contributed by atoms with E-state index in [4.69, 9.17) is 16.3 Å². The third-order valence-corrected chi connectivity index (χ3v) is 2.87. The van der Waals surface area contributed by atoms with Crippen LogP contribution in [0.4, 0.5) is 0 Å². The van der Waals surface area contributed by atoms with E-state index in [0.29, 0.717) is 11.1 Å². The summed E-state index contributed by atoms with van der Waals surface area (Å²) in [5.74, 6) is -0.255. The van der Waals surface area contributed by atoms with E-state index in [-0.39, 0.29) is 12.0 Å². The number of hydrogen-bond donors (Lipinski definition) is 1. The second-order valence-corrected chi connectivity index (χ2v) is 4.39. The second kappa shape index (κ2) is 4.85. The van der Waals surface area contributed by atoms with Crippen molar-refractivity contribution in [1.82, 2.24) is 5.32 Å². The Bertz CT molecular complexity index is 373. The molecule has 1 aliphatic carbocycles. The Kier molecular flexibility index (Phi) is 3.46. The van der Waals surface area contributed by atoms with Gasteiger partial charge in [-0.15, -0.1) is 0 Å². The van der Waals surface area contributed by atoms with Crippen molar-refractivity contribution in [2.45, 2.75) is 24.9 Å². The predicted octanol–water partition coefficient (Wildman–Crippen LogP) is 2.31. The smallest absolute Gasteiger partial charge is 0.327 e. The van der Waals surface area contributed by atoms with Crippen molar-refractivity contribution >= 4 is 17.6 Å². The number of nitrogens with one attached hydrogen (secondary N) is 1. The fourth-order valence-electron chi connectivity index (χ4n) is 1.56. The lowest BCUT2D eigenvalue weighted by molar-refractivity contribution is -0.143. The van der Waals surface area contributed by atoms with Crippen LogP contribution in [0.5, 0.6) is 0 Å². The summed E-state index contributed by atoms with van der Waals surface area (Å²) in [5, 5.41) is 3.93. The molecule has 0 bridgehead atoms. The first-order valence-electron chi connectivity index (χ1n) is 5.30. The average molecular weight is 240 g/mol. The highest BCUT2D eigenvalue weighted by Gasteiger charge is 2.29. The van der Waals surface area contributed by atoms with Gasteiger partial charge in [0, 0.05) is 11.1 Å². The normalized spacial score (nSPS) is 16.9. The van der Waals surface area contributed by atoms with E-state index < -0.39 is 0 Å². The van der Waals surface area contributed by atoms with Gasteiger partial charge >= 0.3 is 5.97 Å². The Hall–Kier alpha value is -1.06. The van der Waals surface area contributed by atoms with E-state index in [9.17, 15) is 4.79 Å². The highest BCUT2D eigenvalue weighted by molar-refractivity contribution is 6.30. The summed E-state index contributed by atoms with van der Waals surface area (Å²) < 4.78 is 4.79. The van der Waals surface area contributed by atoms with E-state index in [1.165, 1.54) is 7.11 Å². The number of methoxy groups -OCH3 is 1. The Morgan fingerprint density at radius 1 is 1.44 bits per heavy atom. The molecular formula is C12H14ClNO2. The average Bonchev–Trinajstić information content (AvgIpc) is 3.10. The SMILES string of the molecule is COC(=O)C(NC1CC1)c1ccc(Cl)cc1. The monoisotopic (exact) mass is 239 g/mol. The molecule has 3 nitrogen and oxygen atoms in total. The number of hydrogen-bond acceptors (Lipinski definition) is 3. The van der Waals surface area contributed by atoms with Gasteiger partial charge in [0.15, 0.2) is 0 Å². The van der Waals surface area contributed by atoms with Crippen LogP contribution in [0.15, 0.2) is 24.3 Å². The minimum absolute atomic E-state index is 0.255. The van der Waals surface area contributed by atoms with E-state index in [1.807, 2.05) is 12.1 Å². The molecule has 0 radical (unpaired) electrons. The maximum absolute atomic E-state index is 11.6. The molecule has 1 N–H and O–H groups in total. The van der Waals surface area contributed by atoms with Crippen LogP contribution in [0.1, 0.15) is 24.4 Å². The van der Waals surface area contributed by atoms with Crippen molar-refractivity contribution in [3.63, 3.8) is 0 Å². The van der Waals surface area contributed by atoms with Crippen molar-refractivity contribution in [2.24, 2.45) is 0 Å². The van der Waals surface area contributed by atoms with Crippen molar-refractivity contribution in [1.29, 1.82) is 0 Å². The molecule has 16 heavy (non-hydrogen) atoms. The fourth-order valence-corrected chi connectivity index (χ4v) is 1.69. The van der Waals surface area contributed by atoms with Crippen LogP contribution in [0, 0.1) is 0 Å². The summed E-state index contributed by atoms with van der Waals surface area (Å²) >= 11 is 5.81. The molecule has 1 fully saturated rings. The number of esters is 1. The van der Waals surface area contributed by atoms with Crippen LogP contribution in [0.2, 0.25) is 5.02 Å². The van der Waals surface area contributed by atoms with Gasteiger partial charge in [-0.3, -0.25) is 5.32 Å². The molecule has 1 saturated carbocycles. The molecule has 0 saturated heterocycles. The summed E-state index contributed by atoms with van der Waals surface area (Å²) in [6.07, 6.45) is 2.25. The quantitative estimate of drug-likeness (QED) is 0.820. The van der Waals surface area contributed by atoms with Gasteiger partial charge in [0.25, 0.3) is 0 Å². The van der Waals surface area contributed by atoms with E-state index in [1.54, 1.807) is 12.1 Å². The first-order valence-corrected chi connectivity index (χ1v) is 5.68. The van der Waals surface area contributed by atoms with Crippen LogP contribution in [-0.2, 0) is 9.53 Å². The molecule has 1 atom stereocenters. The first-order chi connectivity index (χ1) is 7.70. The highest BCUT2D eigenvalue weighted by atomic mass is 35.5. The number of benzene rings is 1. The number of halogens is 1. The molecular weight excluding hydrogens is 226 g/mol. The standard InChI is InChI=1S/C12H14ClNO2/c1-16-12(15)11(14-10-6-7-10)8-2-4-9(13)5-3-8/h2-5,10-11,14H,6-7H2,1H3. The molecule has 2 rings (SSSR count). The van der Waals surface area contributed by atoms with E-state index in [2.05, 4.69) is 5.32 Å². The van der Waals surface area contributed by atoms with Crippen LogP contribution in [-0.4, -0.2) is 19.1 Å². The maximum Gasteiger partial charge on any atom is 0.327 e. The van der Waals surface area contributed by atoms with Gasteiger partial charge in [-0.1, -0.05) is 23.7 Å². The first kappa shape index (κ1) is 11.4. The summed E-state index contributed by atoms with van der Waals surface area (Å²) in [4.78, 5) is 11.6. The van der Waals surface area contributed by atoms with Crippen molar-refractivity contribution in [3.05, 3.63) is 34.9 Å². The second-order valence-electron chi connectivity index (χ2n) is 3.95. The predicted molar refractivity (Wildman–Crippen MR) is 62.4 cm³/mol. The zero-order chi connectivity index (χ0) is 11.5. The number of ether oxygens (including phenoxy) is 1. The van der Waals surface area contributed by atoms with Crippen molar-refractivity contribution in [2.75, 3.05) is 7.11 Å². The zero-order valence-electron chi connectivity index (χ0n) is 9.07. The van der Waals surface area contributed by atoms with Crippen molar-refractivity contribution in [3.8, 4) is 0 Å². The van der Waals surface area contributed by atoms with Gasteiger partial charge < -0.3 is 4.74 Å². The van der Waals surface area contributed by atoms with Gasteiger partial charge in [-0.25, -0.2) is 4.79 Å². The number of carbonyl (C=O) groups is 1. The van der Waals surface area contributed by atoms with Gasteiger partial charge in [0.1, 0.15) is 6.04 Å². The fraction of sp³-hybridized carbons (Fsp3) is 0.417. The topological polar surface area (TPSA) is 38.3 Å². The molecule has 1 aliphatic rings. The Balaban J connectivity index is 2.15. The Morgan fingerprint density at radius 2 is 2.06 bits per heavy atom. The van der Waals surface area contributed by atoms with Gasteiger partial charge in [-0.05, 0) is 30.5 Å². The Morgan fingerprint density at radius 3 is 2.56 bits per heavy atom. The summed E-state index contributed by atoms with van der Waals surface area (Å²) in [6, 6.07) is 7.32. The van der Waals surface area contributed by atoms with E-state index >= 15 is 0 Å². The molecule has 4 heteroatoms. The molecule has 1 unspecified atom stereocenters. The highest BCUT2D eigenvalue weighted by Crippen LogP contribution is 2.25. The minimum atomic E-state index is -0.380. The number of carbonyl (C=O) groups excluding carboxylic acids is 1. The van der Waals surface area contributed by atoms with Crippen molar-refractivity contribution < 1.29 is 9.53 Å². The molecule has 1 aromatic carbocycles. The zero-order valence-corrected chi connectivity index (χ0v) is 9.83. The molecule has 0 amide bonds. The molecule has 0 heterocycles. The molecule has 86 valence electrons. The van der Waals surface area contributed by atoms with Crippen LogP contribution in [0.3, 0.4) is 0 Å². The molecule has 0 aromatic heterocycles. The van der Waals surface area contributed by atoms with Crippen LogP contribution in [0.25, 0.3) is 0 Å². The molecule has 0 aliphatic heterocycles. The van der Waals surface area contributed by atoms with Gasteiger partial charge in [-0.2, -0.15) is 0 Å². The molecule has 0 spiro atoms. The van der Waals surface area contributed by atoms with Crippen LogP contribution >= 0.6 is 11.6 Å². The van der Waals surface area contributed by atoms with Gasteiger partial charge in [0.2, 0.25) is 0 Å². The lowest BCUT2D eigenvalue weighted by atomic mass is 10.1. The molecule has 1 aromatic rings. The van der Waals surface area contributed by atoms with E-state index in [0.717, 1.165) is 18.4 Å². The summed E-state index contributed by atoms with van der Waals surface area (Å²) in [7, 11) is 1.40. The van der Waals surface area contributed by atoms with Gasteiger partial charge in [0.05, 0.1) is 7.11 Å². The summed E-state index contributed by atoms with van der Waals surface area (Å²) in [5.41, 5.74) is 0.892. The maximum atomic E-state index is 11.6.